The lowest BCUT2D eigenvalue weighted by Crippen LogP contribution is -2.22. The summed E-state index contributed by atoms with van der Waals surface area (Å²) in [5.74, 6) is -0.0704. The van der Waals surface area contributed by atoms with Crippen LogP contribution in [0.1, 0.15) is 12.5 Å². The molecule has 0 aliphatic carbocycles. The molecule has 1 amide bonds. The van der Waals surface area contributed by atoms with Crippen molar-refractivity contribution in [1.82, 2.24) is 0 Å². The number of hydrogen-bond donors (Lipinski definition) is 1. The zero-order valence-corrected chi connectivity index (χ0v) is 14.0. The average Bonchev–Trinajstić information content (AvgIpc) is 2.45. The molecule has 0 aromatic heterocycles. The van der Waals surface area contributed by atoms with Gasteiger partial charge in [-0.15, -0.1) is 11.8 Å². The maximum Gasteiger partial charge on any atom is 0.237 e. The minimum Gasteiger partial charge on any atom is -0.325 e. The number of carbonyl (C=O) groups is 1. The minimum atomic E-state index is -0.206. The van der Waals surface area contributed by atoms with Gasteiger partial charge in [-0.3, -0.25) is 4.79 Å². The second-order valence-corrected chi connectivity index (χ2v) is 6.92. The first kappa shape index (κ1) is 16.2. The van der Waals surface area contributed by atoms with E-state index in [1.807, 2.05) is 38.1 Å². The summed E-state index contributed by atoms with van der Waals surface area (Å²) in [6.07, 6.45) is 0. The van der Waals surface area contributed by atoms with Crippen LogP contribution in [-0.2, 0) is 4.79 Å². The van der Waals surface area contributed by atoms with Gasteiger partial charge in [-0.2, -0.15) is 0 Å². The summed E-state index contributed by atoms with van der Waals surface area (Å²) in [7, 11) is 0. The van der Waals surface area contributed by atoms with Gasteiger partial charge in [0.15, 0.2) is 0 Å². The molecule has 0 heterocycles. The molecule has 0 spiro atoms. The number of benzene rings is 2. The fraction of sp³-hybridized carbons (Fsp3) is 0.188. The van der Waals surface area contributed by atoms with E-state index in [1.54, 1.807) is 18.2 Å². The van der Waals surface area contributed by atoms with Crippen molar-refractivity contribution < 1.29 is 4.79 Å². The molecule has 0 saturated carbocycles. The predicted octanol–water partition coefficient (Wildman–Crippen LogP) is 5.42. The van der Waals surface area contributed by atoms with E-state index in [0.29, 0.717) is 15.7 Å². The molecular weight excluding hydrogens is 325 g/mol. The molecule has 1 N–H and O–H groups in total. The van der Waals surface area contributed by atoms with Gasteiger partial charge in [0.2, 0.25) is 5.91 Å². The third kappa shape index (κ3) is 4.67. The van der Waals surface area contributed by atoms with Gasteiger partial charge in [-0.05, 0) is 44.2 Å². The number of rotatable bonds is 4. The van der Waals surface area contributed by atoms with Gasteiger partial charge >= 0.3 is 0 Å². The average molecular weight is 340 g/mol. The Bertz CT molecular complexity index is 643. The van der Waals surface area contributed by atoms with Crippen molar-refractivity contribution in [1.29, 1.82) is 0 Å². The molecule has 0 aliphatic heterocycles. The highest BCUT2D eigenvalue weighted by molar-refractivity contribution is 8.00. The van der Waals surface area contributed by atoms with Crippen LogP contribution < -0.4 is 5.32 Å². The van der Waals surface area contributed by atoms with E-state index >= 15 is 0 Å². The second kappa shape index (κ2) is 7.21. The van der Waals surface area contributed by atoms with E-state index in [-0.39, 0.29) is 11.2 Å². The summed E-state index contributed by atoms with van der Waals surface area (Å²) in [5, 5.41) is 3.53. The summed E-state index contributed by atoms with van der Waals surface area (Å²) in [5.41, 5.74) is 1.85. The standard InChI is InChI=1S/C16H15Cl2NOS/c1-10-3-6-13(7-4-10)21-11(2)16(20)19-12-5-8-14(17)15(18)9-12/h3-9,11H,1-2H3,(H,19,20)/t11-/m1/s1. The quantitative estimate of drug-likeness (QED) is 0.753. The number of amides is 1. The van der Waals surface area contributed by atoms with Gasteiger partial charge in [0.25, 0.3) is 0 Å². The van der Waals surface area contributed by atoms with Crippen molar-refractivity contribution in [3.63, 3.8) is 0 Å². The highest BCUT2D eigenvalue weighted by Gasteiger charge is 2.15. The summed E-state index contributed by atoms with van der Waals surface area (Å²) < 4.78 is 0. The molecule has 0 unspecified atom stereocenters. The number of aryl methyl sites for hydroxylation is 1. The summed E-state index contributed by atoms with van der Waals surface area (Å²) in [4.78, 5) is 13.2. The van der Waals surface area contributed by atoms with E-state index < -0.39 is 0 Å². The van der Waals surface area contributed by atoms with E-state index in [4.69, 9.17) is 23.2 Å². The van der Waals surface area contributed by atoms with E-state index in [1.165, 1.54) is 17.3 Å². The monoisotopic (exact) mass is 339 g/mol. The molecular formula is C16H15Cl2NOS. The Balaban J connectivity index is 1.98. The zero-order valence-electron chi connectivity index (χ0n) is 11.7. The molecule has 21 heavy (non-hydrogen) atoms. The van der Waals surface area contributed by atoms with Gasteiger partial charge in [-0.1, -0.05) is 40.9 Å². The zero-order chi connectivity index (χ0) is 15.4. The molecule has 5 heteroatoms. The van der Waals surface area contributed by atoms with Crippen molar-refractivity contribution >= 4 is 46.6 Å². The van der Waals surface area contributed by atoms with Crippen LogP contribution in [0.15, 0.2) is 47.4 Å². The fourth-order valence-corrected chi connectivity index (χ4v) is 2.86. The van der Waals surface area contributed by atoms with Crippen molar-refractivity contribution in [2.45, 2.75) is 24.0 Å². The van der Waals surface area contributed by atoms with Crippen LogP contribution in [0.25, 0.3) is 0 Å². The number of hydrogen-bond acceptors (Lipinski definition) is 2. The third-order valence-corrected chi connectivity index (χ3v) is 4.74. The molecule has 2 rings (SSSR count). The largest absolute Gasteiger partial charge is 0.325 e. The molecule has 2 aromatic rings. The maximum atomic E-state index is 12.2. The lowest BCUT2D eigenvalue weighted by molar-refractivity contribution is -0.115. The first-order valence-electron chi connectivity index (χ1n) is 6.45. The molecule has 0 radical (unpaired) electrons. The maximum absolute atomic E-state index is 12.2. The lowest BCUT2D eigenvalue weighted by Gasteiger charge is -2.12. The fourth-order valence-electron chi connectivity index (χ4n) is 1.69. The molecule has 0 saturated heterocycles. The third-order valence-electron chi connectivity index (χ3n) is 2.89. The summed E-state index contributed by atoms with van der Waals surface area (Å²) in [6.45, 7) is 3.91. The number of anilines is 1. The van der Waals surface area contributed by atoms with E-state index in [9.17, 15) is 4.79 Å². The van der Waals surface area contributed by atoms with Gasteiger partial charge in [0.05, 0.1) is 15.3 Å². The van der Waals surface area contributed by atoms with Crippen LogP contribution in [0.2, 0.25) is 10.0 Å². The van der Waals surface area contributed by atoms with Crippen molar-refractivity contribution in [2.75, 3.05) is 5.32 Å². The highest BCUT2D eigenvalue weighted by Crippen LogP contribution is 2.27. The molecule has 0 fully saturated rings. The van der Waals surface area contributed by atoms with Gasteiger partial charge in [0.1, 0.15) is 0 Å². The Labute approximate surface area is 138 Å². The normalized spacial score (nSPS) is 12.0. The number of halogens is 2. The first-order valence-corrected chi connectivity index (χ1v) is 8.08. The van der Waals surface area contributed by atoms with Gasteiger partial charge in [0, 0.05) is 10.6 Å². The Morgan fingerprint density at radius 2 is 1.76 bits per heavy atom. The van der Waals surface area contributed by atoms with Gasteiger partial charge in [-0.25, -0.2) is 0 Å². The minimum absolute atomic E-state index is 0.0704. The molecule has 0 bridgehead atoms. The van der Waals surface area contributed by atoms with E-state index in [2.05, 4.69) is 5.32 Å². The smallest absolute Gasteiger partial charge is 0.237 e. The van der Waals surface area contributed by atoms with Crippen molar-refractivity contribution in [3.05, 3.63) is 58.1 Å². The summed E-state index contributed by atoms with van der Waals surface area (Å²) >= 11 is 13.3. The molecule has 2 nitrogen and oxygen atoms in total. The lowest BCUT2D eigenvalue weighted by atomic mass is 10.2. The van der Waals surface area contributed by atoms with Crippen LogP contribution in [0.4, 0.5) is 5.69 Å². The second-order valence-electron chi connectivity index (χ2n) is 4.69. The van der Waals surface area contributed by atoms with Crippen molar-refractivity contribution in [2.24, 2.45) is 0 Å². The van der Waals surface area contributed by atoms with E-state index in [0.717, 1.165) is 4.90 Å². The highest BCUT2D eigenvalue weighted by atomic mass is 35.5. The topological polar surface area (TPSA) is 29.1 Å². The van der Waals surface area contributed by atoms with Crippen LogP contribution >= 0.6 is 35.0 Å². The number of carbonyl (C=O) groups excluding carboxylic acids is 1. The Morgan fingerprint density at radius 1 is 1.10 bits per heavy atom. The molecule has 1 atom stereocenters. The summed E-state index contributed by atoms with van der Waals surface area (Å²) in [6, 6.07) is 13.1. The molecule has 0 aliphatic rings. The van der Waals surface area contributed by atoms with Crippen LogP contribution in [-0.4, -0.2) is 11.2 Å². The molecule has 110 valence electrons. The van der Waals surface area contributed by atoms with Crippen LogP contribution in [0.5, 0.6) is 0 Å². The number of nitrogens with one attached hydrogen (secondary N) is 1. The Hall–Kier alpha value is -1.16. The Morgan fingerprint density at radius 3 is 2.38 bits per heavy atom. The van der Waals surface area contributed by atoms with Gasteiger partial charge < -0.3 is 5.32 Å². The van der Waals surface area contributed by atoms with Crippen LogP contribution in [0, 0.1) is 6.92 Å². The SMILES string of the molecule is Cc1ccc(S[C@H](C)C(=O)Nc2ccc(Cl)c(Cl)c2)cc1. The number of thioether (sulfide) groups is 1. The predicted molar refractivity (Wildman–Crippen MR) is 91.6 cm³/mol. The first-order chi connectivity index (χ1) is 9.95. The Kier molecular flexibility index (Phi) is 5.57. The van der Waals surface area contributed by atoms with Crippen LogP contribution in [0.3, 0.4) is 0 Å². The molecule has 2 aromatic carbocycles. The van der Waals surface area contributed by atoms with Crippen molar-refractivity contribution in [3.8, 4) is 0 Å².